The van der Waals surface area contributed by atoms with Gasteiger partial charge in [0.1, 0.15) is 5.71 Å². The molecule has 0 unspecified atom stereocenters. The molecule has 1 N–H and O–H groups in total. The second kappa shape index (κ2) is 5.07. The van der Waals surface area contributed by atoms with Gasteiger partial charge < -0.3 is 4.74 Å². The summed E-state index contributed by atoms with van der Waals surface area (Å²) in [5.74, 6) is -0.828. The summed E-state index contributed by atoms with van der Waals surface area (Å²) in [6.07, 6.45) is 2.69. The molecule has 1 atom stereocenters. The van der Waals surface area contributed by atoms with Crippen molar-refractivity contribution in [3.63, 3.8) is 0 Å². The van der Waals surface area contributed by atoms with Crippen LogP contribution in [0.25, 0.3) is 0 Å². The highest BCUT2D eigenvalue weighted by molar-refractivity contribution is 6.37. The average molecular weight is 238 g/mol. The van der Waals surface area contributed by atoms with Gasteiger partial charge in [0.25, 0.3) is 0 Å². The van der Waals surface area contributed by atoms with Crippen LogP contribution in [0.15, 0.2) is 5.10 Å². The van der Waals surface area contributed by atoms with E-state index in [-0.39, 0.29) is 30.2 Å². The van der Waals surface area contributed by atoms with E-state index >= 15 is 0 Å². The number of nitrogens with zero attached hydrogens (tertiary/aromatic N) is 1. The van der Waals surface area contributed by atoms with E-state index in [1.165, 1.54) is 0 Å². The molecule has 1 aliphatic carbocycles. The largest absolute Gasteiger partial charge is 0.450 e. The third-order valence-electron chi connectivity index (χ3n) is 2.89. The molecular weight excluding hydrogens is 224 g/mol. The first-order chi connectivity index (χ1) is 8.16. The zero-order chi connectivity index (χ0) is 12.3. The summed E-state index contributed by atoms with van der Waals surface area (Å²) in [5.41, 5.74) is 2.41. The van der Waals surface area contributed by atoms with Crippen molar-refractivity contribution >= 4 is 23.4 Å². The minimum Gasteiger partial charge on any atom is -0.450 e. The second-order valence-corrected chi connectivity index (χ2v) is 4.20. The number of rotatable bonds is 2. The summed E-state index contributed by atoms with van der Waals surface area (Å²) in [7, 11) is 0. The van der Waals surface area contributed by atoms with E-state index in [0.29, 0.717) is 12.8 Å². The number of Topliss-reactive ketones (excluding diaryl/α,β-unsaturated/α-hetero) is 1. The molecule has 2 aliphatic rings. The fraction of sp³-hybridized carbons (Fsp3) is 0.636. The van der Waals surface area contributed by atoms with Crippen LogP contribution in [0.4, 0.5) is 0 Å². The summed E-state index contributed by atoms with van der Waals surface area (Å²) in [5, 5.41) is 3.63. The standard InChI is InChI=1S/C11H14N2O4/c14-8-3-1-2-4-9(8)17-11(16)7-5-6-10(15)13-12-7/h9H,1-6H2,(H,13,15)/t9-/m1/s1. The van der Waals surface area contributed by atoms with E-state index < -0.39 is 12.1 Å². The minimum absolute atomic E-state index is 0.0231. The van der Waals surface area contributed by atoms with E-state index in [9.17, 15) is 14.4 Å². The van der Waals surface area contributed by atoms with Gasteiger partial charge in [-0.2, -0.15) is 5.10 Å². The van der Waals surface area contributed by atoms with Crippen molar-refractivity contribution in [1.82, 2.24) is 5.43 Å². The summed E-state index contributed by atoms with van der Waals surface area (Å²) < 4.78 is 5.11. The van der Waals surface area contributed by atoms with Crippen LogP contribution >= 0.6 is 0 Å². The number of hydrogen-bond acceptors (Lipinski definition) is 5. The second-order valence-electron chi connectivity index (χ2n) is 4.20. The number of carbonyl (C=O) groups is 3. The maximum atomic E-state index is 11.7. The molecule has 2 rings (SSSR count). The first-order valence-corrected chi connectivity index (χ1v) is 5.76. The van der Waals surface area contributed by atoms with Gasteiger partial charge in [-0.1, -0.05) is 0 Å². The molecule has 1 aliphatic heterocycles. The lowest BCUT2D eigenvalue weighted by molar-refractivity contribution is -0.150. The molecule has 0 spiro atoms. The molecule has 6 nitrogen and oxygen atoms in total. The van der Waals surface area contributed by atoms with Gasteiger partial charge in [0.2, 0.25) is 5.91 Å². The number of amides is 1. The Morgan fingerprint density at radius 3 is 2.71 bits per heavy atom. The minimum atomic E-state index is -0.628. The van der Waals surface area contributed by atoms with Crippen molar-refractivity contribution in [2.45, 2.75) is 44.6 Å². The highest BCUT2D eigenvalue weighted by atomic mass is 16.5. The lowest BCUT2D eigenvalue weighted by Crippen LogP contribution is -2.36. The molecule has 1 amide bonds. The fourth-order valence-corrected chi connectivity index (χ4v) is 1.89. The average Bonchev–Trinajstić information content (AvgIpc) is 2.33. The Morgan fingerprint density at radius 1 is 1.24 bits per heavy atom. The lowest BCUT2D eigenvalue weighted by Gasteiger charge is -2.21. The first-order valence-electron chi connectivity index (χ1n) is 5.76. The predicted molar refractivity (Wildman–Crippen MR) is 58.2 cm³/mol. The Kier molecular flexibility index (Phi) is 3.51. The SMILES string of the molecule is O=C1CCC(C(=O)O[C@@H]2CCCCC2=O)=NN1. The predicted octanol–water partition coefficient (Wildman–Crippen LogP) is 0.307. The summed E-state index contributed by atoms with van der Waals surface area (Å²) >= 11 is 0. The molecule has 0 aromatic rings. The molecule has 0 bridgehead atoms. The number of nitrogens with one attached hydrogen (secondary N) is 1. The summed E-state index contributed by atoms with van der Waals surface area (Å²) in [6, 6.07) is 0. The highest BCUT2D eigenvalue weighted by Gasteiger charge is 2.28. The van der Waals surface area contributed by atoms with Gasteiger partial charge in [-0.15, -0.1) is 0 Å². The Bertz CT molecular complexity index is 389. The molecule has 6 heteroatoms. The third-order valence-corrected chi connectivity index (χ3v) is 2.89. The van der Waals surface area contributed by atoms with Crippen LogP contribution in [0, 0.1) is 0 Å². The topological polar surface area (TPSA) is 84.8 Å². The molecule has 0 saturated heterocycles. The smallest absolute Gasteiger partial charge is 0.355 e. The van der Waals surface area contributed by atoms with Gasteiger partial charge in [0.05, 0.1) is 0 Å². The van der Waals surface area contributed by atoms with Gasteiger partial charge >= 0.3 is 5.97 Å². The van der Waals surface area contributed by atoms with Crippen LogP contribution < -0.4 is 5.43 Å². The monoisotopic (exact) mass is 238 g/mol. The molecular formula is C11H14N2O4. The van der Waals surface area contributed by atoms with Crippen LogP contribution in [0.3, 0.4) is 0 Å². The van der Waals surface area contributed by atoms with Gasteiger partial charge in [0.15, 0.2) is 11.9 Å². The van der Waals surface area contributed by atoms with Gasteiger partial charge in [0, 0.05) is 19.3 Å². The van der Waals surface area contributed by atoms with Crippen LogP contribution in [-0.2, 0) is 19.1 Å². The van der Waals surface area contributed by atoms with Crippen molar-refractivity contribution < 1.29 is 19.1 Å². The number of ether oxygens (including phenoxy) is 1. The number of hydrazone groups is 1. The van der Waals surface area contributed by atoms with Crippen LogP contribution in [0.5, 0.6) is 0 Å². The lowest BCUT2D eigenvalue weighted by atomic mass is 9.96. The normalized spacial score (nSPS) is 24.9. The van der Waals surface area contributed by atoms with Crippen molar-refractivity contribution in [2.75, 3.05) is 0 Å². The van der Waals surface area contributed by atoms with Crippen LogP contribution in [0.1, 0.15) is 38.5 Å². The Hall–Kier alpha value is -1.72. The maximum Gasteiger partial charge on any atom is 0.355 e. The first kappa shape index (κ1) is 11.8. The molecule has 92 valence electrons. The Balaban J connectivity index is 1.92. The zero-order valence-electron chi connectivity index (χ0n) is 9.40. The van der Waals surface area contributed by atoms with Crippen LogP contribution in [-0.4, -0.2) is 29.5 Å². The number of esters is 1. The van der Waals surface area contributed by atoms with Crippen molar-refractivity contribution in [3.05, 3.63) is 0 Å². The molecule has 0 aromatic heterocycles. The molecule has 1 fully saturated rings. The highest BCUT2D eigenvalue weighted by Crippen LogP contribution is 2.18. The molecule has 1 heterocycles. The molecule has 0 aromatic carbocycles. The van der Waals surface area contributed by atoms with Crippen molar-refractivity contribution in [2.24, 2.45) is 5.10 Å². The number of ketones is 1. The fourth-order valence-electron chi connectivity index (χ4n) is 1.89. The van der Waals surface area contributed by atoms with E-state index in [1.54, 1.807) is 0 Å². The van der Waals surface area contributed by atoms with E-state index in [2.05, 4.69) is 10.5 Å². The molecule has 17 heavy (non-hydrogen) atoms. The van der Waals surface area contributed by atoms with Gasteiger partial charge in [-0.25, -0.2) is 10.2 Å². The Labute approximate surface area is 98.4 Å². The van der Waals surface area contributed by atoms with Crippen LogP contribution in [0.2, 0.25) is 0 Å². The quantitative estimate of drug-likeness (QED) is 0.701. The van der Waals surface area contributed by atoms with Crippen molar-refractivity contribution in [1.29, 1.82) is 0 Å². The molecule has 0 radical (unpaired) electrons. The number of carbonyl (C=O) groups excluding carboxylic acids is 3. The van der Waals surface area contributed by atoms with Crippen molar-refractivity contribution in [3.8, 4) is 0 Å². The van der Waals surface area contributed by atoms with Gasteiger partial charge in [-0.3, -0.25) is 9.59 Å². The number of hydrogen-bond donors (Lipinski definition) is 1. The summed E-state index contributed by atoms with van der Waals surface area (Å²) in [4.78, 5) is 34.0. The van der Waals surface area contributed by atoms with E-state index in [0.717, 1.165) is 12.8 Å². The Morgan fingerprint density at radius 2 is 2.06 bits per heavy atom. The zero-order valence-corrected chi connectivity index (χ0v) is 9.40. The third kappa shape index (κ3) is 2.89. The van der Waals surface area contributed by atoms with E-state index in [1.807, 2.05) is 0 Å². The maximum absolute atomic E-state index is 11.7. The molecule has 1 saturated carbocycles. The summed E-state index contributed by atoms with van der Waals surface area (Å²) in [6.45, 7) is 0. The van der Waals surface area contributed by atoms with Gasteiger partial charge in [-0.05, 0) is 19.3 Å². The van der Waals surface area contributed by atoms with E-state index in [4.69, 9.17) is 4.74 Å².